The molecule has 0 radical (unpaired) electrons. The number of aliphatic imine (C=N–C) groups is 1. The zero-order chi connectivity index (χ0) is 15.1. The largest absolute Gasteiger partial charge is 0.463 e. The van der Waals surface area contributed by atoms with Gasteiger partial charge in [-0.1, -0.05) is 0 Å². The highest BCUT2D eigenvalue weighted by molar-refractivity contribution is 5.89. The monoisotopic (exact) mass is 278 g/mol. The lowest BCUT2D eigenvalue weighted by atomic mass is 10.1. The highest BCUT2D eigenvalue weighted by Gasteiger charge is 2.09. The van der Waals surface area contributed by atoms with Crippen molar-refractivity contribution in [2.45, 2.75) is 6.92 Å². The van der Waals surface area contributed by atoms with Gasteiger partial charge in [0, 0.05) is 23.8 Å². The number of rotatable bonds is 5. The molecule has 0 spiro atoms. The van der Waals surface area contributed by atoms with Gasteiger partial charge in [0.15, 0.2) is 5.96 Å². The van der Waals surface area contributed by atoms with Gasteiger partial charge in [-0.3, -0.25) is 10.1 Å². The third-order valence-electron chi connectivity index (χ3n) is 2.16. The molecule has 0 fully saturated rings. The smallest absolute Gasteiger partial charge is 0.330 e. The van der Waals surface area contributed by atoms with Crippen LogP contribution < -0.4 is 11.5 Å². The standard InChI is InChI=1S/C12H14N4O4/c1-2-20-11(17)6-3-8-7-9(16(18)19)4-5-10(8)15-12(13)14/h3-7H,2H2,1H3,(H4,13,14,15)/b6-3+. The first-order chi connectivity index (χ1) is 9.43. The molecule has 0 saturated carbocycles. The second kappa shape index (κ2) is 6.88. The van der Waals surface area contributed by atoms with E-state index in [1.807, 2.05) is 0 Å². The van der Waals surface area contributed by atoms with Gasteiger partial charge in [0.05, 0.1) is 17.2 Å². The second-order valence-electron chi connectivity index (χ2n) is 3.62. The van der Waals surface area contributed by atoms with Crippen molar-refractivity contribution in [1.82, 2.24) is 0 Å². The highest BCUT2D eigenvalue weighted by atomic mass is 16.6. The maximum atomic E-state index is 11.2. The molecule has 0 aliphatic carbocycles. The summed E-state index contributed by atoms with van der Waals surface area (Å²) in [6, 6.07) is 3.92. The molecule has 8 nitrogen and oxygen atoms in total. The third kappa shape index (κ3) is 4.41. The van der Waals surface area contributed by atoms with E-state index in [1.54, 1.807) is 6.92 Å². The van der Waals surface area contributed by atoms with Crippen LogP contribution >= 0.6 is 0 Å². The minimum Gasteiger partial charge on any atom is -0.463 e. The summed E-state index contributed by atoms with van der Waals surface area (Å²) in [5, 5.41) is 10.7. The van der Waals surface area contributed by atoms with E-state index in [4.69, 9.17) is 16.2 Å². The van der Waals surface area contributed by atoms with Gasteiger partial charge < -0.3 is 16.2 Å². The second-order valence-corrected chi connectivity index (χ2v) is 3.62. The van der Waals surface area contributed by atoms with Gasteiger partial charge in [-0.25, -0.2) is 9.79 Å². The fourth-order valence-corrected chi connectivity index (χ4v) is 1.38. The van der Waals surface area contributed by atoms with E-state index in [9.17, 15) is 14.9 Å². The Morgan fingerprint density at radius 2 is 2.20 bits per heavy atom. The molecule has 0 atom stereocenters. The SMILES string of the molecule is CCOC(=O)/C=C/c1cc([N+](=O)[O-])ccc1N=C(N)N. The van der Waals surface area contributed by atoms with Gasteiger partial charge in [0.2, 0.25) is 0 Å². The number of carbonyl (C=O) groups excluding carboxylic acids is 1. The molecule has 0 amide bonds. The lowest BCUT2D eigenvalue weighted by Gasteiger charge is -2.02. The van der Waals surface area contributed by atoms with Crippen molar-refractivity contribution < 1.29 is 14.5 Å². The van der Waals surface area contributed by atoms with E-state index >= 15 is 0 Å². The van der Waals surface area contributed by atoms with Crippen molar-refractivity contribution in [1.29, 1.82) is 0 Å². The van der Waals surface area contributed by atoms with Crippen LogP contribution in [0.1, 0.15) is 12.5 Å². The molecule has 0 saturated heterocycles. The Kier molecular flexibility index (Phi) is 5.21. The van der Waals surface area contributed by atoms with Crippen LogP contribution in [-0.2, 0) is 9.53 Å². The van der Waals surface area contributed by atoms with Crippen LogP contribution in [0.3, 0.4) is 0 Å². The number of ether oxygens (including phenoxy) is 1. The van der Waals surface area contributed by atoms with Crippen molar-refractivity contribution in [3.63, 3.8) is 0 Å². The van der Waals surface area contributed by atoms with E-state index in [2.05, 4.69) is 4.99 Å². The molecule has 1 aromatic carbocycles. The molecule has 0 bridgehead atoms. The zero-order valence-electron chi connectivity index (χ0n) is 10.8. The summed E-state index contributed by atoms with van der Waals surface area (Å²) in [7, 11) is 0. The molecule has 0 aromatic heterocycles. The minimum absolute atomic E-state index is 0.136. The molecular weight excluding hydrogens is 264 g/mol. The van der Waals surface area contributed by atoms with Crippen molar-refractivity contribution in [2.24, 2.45) is 16.5 Å². The molecule has 0 unspecified atom stereocenters. The lowest BCUT2D eigenvalue weighted by molar-refractivity contribution is -0.384. The van der Waals surface area contributed by atoms with Crippen LogP contribution in [0, 0.1) is 10.1 Å². The fourth-order valence-electron chi connectivity index (χ4n) is 1.38. The van der Waals surface area contributed by atoms with Crippen LogP contribution in [0.5, 0.6) is 0 Å². The molecule has 0 aliphatic heterocycles. The number of nitrogens with zero attached hydrogens (tertiary/aromatic N) is 2. The minimum atomic E-state index is -0.561. The van der Waals surface area contributed by atoms with Crippen molar-refractivity contribution in [3.05, 3.63) is 40.0 Å². The van der Waals surface area contributed by atoms with Crippen molar-refractivity contribution in [2.75, 3.05) is 6.61 Å². The number of nitro benzene ring substituents is 1. The molecule has 4 N–H and O–H groups in total. The molecule has 20 heavy (non-hydrogen) atoms. The molecule has 1 rings (SSSR count). The number of esters is 1. The Bertz CT molecular complexity index is 577. The fraction of sp³-hybridized carbons (Fsp3) is 0.167. The Hall–Kier alpha value is -2.90. The number of hydrogen-bond acceptors (Lipinski definition) is 5. The van der Waals surface area contributed by atoms with E-state index in [1.165, 1.54) is 24.3 Å². The Morgan fingerprint density at radius 3 is 2.75 bits per heavy atom. The molecule has 8 heteroatoms. The molecule has 106 valence electrons. The molecular formula is C12H14N4O4. The average Bonchev–Trinajstić information content (AvgIpc) is 2.37. The molecule has 0 heterocycles. The van der Waals surface area contributed by atoms with Crippen molar-refractivity contribution in [3.8, 4) is 0 Å². The maximum absolute atomic E-state index is 11.2. The van der Waals surface area contributed by atoms with Crippen LogP contribution in [0.4, 0.5) is 11.4 Å². The lowest BCUT2D eigenvalue weighted by Crippen LogP contribution is -2.22. The van der Waals surface area contributed by atoms with Gasteiger partial charge in [-0.05, 0) is 19.1 Å². The van der Waals surface area contributed by atoms with Crippen LogP contribution in [0.15, 0.2) is 29.3 Å². The van der Waals surface area contributed by atoms with Crippen LogP contribution in [-0.4, -0.2) is 23.5 Å². The molecule has 0 aliphatic rings. The Labute approximate surface area is 114 Å². The summed E-state index contributed by atoms with van der Waals surface area (Å²) >= 11 is 0. The van der Waals surface area contributed by atoms with E-state index in [-0.39, 0.29) is 18.3 Å². The third-order valence-corrected chi connectivity index (χ3v) is 2.16. The summed E-state index contributed by atoms with van der Waals surface area (Å²) in [5.74, 6) is -0.751. The van der Waals surface area contributed by atoms with Crippen LogP contribution in [0.2, 0.25) is 0 Å². The van der Waals surface area contributed by atoms with Gasteiger partial charge in [-0.2, -0.15) is 0 Å². The average molecular weight is 278 g/mol. The van der Waals surface area contributed by atoms with Crippen LogP contribution in [0.25, 0.3) is 6.08 Å². The maximum Gasteiger partial charge on any atom is 0.330 e. The predicted molar refractivity (Wildman–Crippen MR) is 74.2 cm³/mol. The Morgan fingerprint density at radius 1 is 1.50 bits per heavy atom. The van der Waals surface area contributed by atoms with Crippen molar-refractivity contribution >= 4 is 29.4 Å². The van der Waals surface area contributed by atoms with Gasteiger partial charge in [0.1, 0.15) is 0 Å². The highest BCUT2D eigenvalue weighted by Crippen LogP contribution is 2.25. The van der Waals surface area contributed by atoms with E-state index < -0.39 is 10.9 Å². The first-order valence-electron chi connectivity index (χ1n) is 5.67. The first kappa shape index (κ1) is 15.2. The summed E-state index contributed by atoms with van der Waals surface area (Å²) in [6.45, 7) is 1.91. The topological polar surface area (TPSA) is 134 Å². The number of nitrogens with two attached hydrogens (primary N) is 2. The molecule has 1 aromatic rings. The summed E-state index contributed by atoms with van der Waals surface area (Å²) < 4.78 is 4.72. The quantitative estimate of drug-likeness (QED) is 0.207. The van der Waals surface area contributed by atoms with E-state index in [0.29, 0.717) is 11.3 Å². The number of guanidine groups is 1. The first-order valence-corrected chi connectivity index (χ1v) is 5.67. The van der Waals surface area contributed by atoms with Gasteiger partial charge in [0.25, 0.3) is 5.69 Å². The summed E-state index contributed by atoms with van der Waals surface area (Å²) in [6.07, 6.45) is 2.50. The summed E-state index contributed by atoms with van der Waals surface area (Å²) in [4.78, 5) is 25.2. The van der Waals surface area contributed by atoms with E-state index in [0.717, 1.165) is 6.08 Å². The summed E-state index contributed by atoms with van der Waals surface area (Å²) in [5.41, 5.74) is 11.1. The number of carbonyl (C=O) groups is 1. The number of non-ortho nitro benzene ring substituents is 1. The van der Waals surface area contributed by atoms with Gasteiger partial charge >= 0.3 is 5.97 Å². The zero-order valence-corrected chi connectivity index (χ0v) is 10.8. The number of benzene rings is 1. The number of hydrogen-bond donors (Lipinski definition) is 2. The Balaban J connectivity index is 3.18. The number of nitro groups is 1. The normalized spacial score (nSPS) is 10.2. The predicted octanol–water partition coefficient (Wildman–Crippen LogP) is 1.08. The van der Waals surface area contributed by atoms with Gasteiger partial charge in [-0.15, -0.1) is 0 Å².